The second kappa shape index (κ2) is 5.70. The van der Waals surface area contributed by atoms with Crippen molar-refractivity contribution in [2.24, 2.45) is 5.41 Å². The number of ether oxygens (including phenoxy) is 1. The summed E-state index contributed by atoms with van der Waals surface area (Å²) >= 11 is 0. The van der Waals surface area contributed by atoms with Crippen LogP contribution in [0, 0.1) is 5.41 Å². The van der Waals surface area contributed by atoms with Crippen LogP contribution in [0.3, 0.4) is 0 Å². The molecule has 7 heteroatoms. The summed E-state index contributed by atoms with van der Waals surface area (Å²) in [6, 6.07) is 6.81. The van der Waals surface area contributed by atoms with Gasteiger partial charge in [-0.25, -0.2) is 4.98 Å². The molecule has 0 saturated carbocycles. The van der Waals surface area contributed by atoms with Gasteiger partial charge in [0, 0.05) is 5.39 Å². The van der Waals surface area contributed by atoms with Gasteiger partial charge in [0.05, 0.1) is 17.5 Å². The lowest BCUT2D eigenvalue weighted by molar-refractivity contribution is -0.300. The van der Waals surface area contributed by atoms with Crippen molar-refractivity contribution >= 4 is 10.9 Å². The Kier molecular flexibility index (Phi) is 4.36. The molecular weight excluding hydrogens is 317 g/mol. The highest BCUT2D eigenvalue weighted by Crippen LogP contribution is 2.38. The van der Waals surface area contributed by atoms with Crippen molar-refractivity contribution < 1.29 is 26.7 Å². The van der Waals surface area contributed by atoms with Gasteiger partial charge in [-0.1, -0.05) is 39.0 Å². The summed E-state index contributed by atoms with van der Waals surface area (Å²) in [7, 11) is 0. The molecule has 0 aliphatic carbocycles. The van der Waals surface area contributed by atoms with Crippen LogP contribution in [0.25, 0.3) is 10.9 Å². The Bertz CT molecular complexity index is 704. The van der Waals surface area contributed by atoms with Crippen molar-refractivity contribution in [3.63, 3.8) is 0 Å². The summed E-state index contributed by atoms with van der Waals surface area (Å²) in [5, 5.41) is 0.352. The minimum absolute atomic E-state index is 0.0202. The predicted octanol–water partition coefficient (Wildman–Crippen LogP) is 5.41. The van der Waals surface area contributed by atoms with Crippen LogP contribution >= 0.6 is 0 Å². The third-order valence-electron chi connectivity index (χ3n) is 3.37. The number of hydrogen-bond donors (Lipinski definition) is 0. The molecule has 2 aromatic rings. The summed E-state index contributed by atoms with van der Waals surface area (Å²) in [6.45, 7) is 3.23. The first-order valence-corrected chi connectivity index (χ1v) is 6.89. The summed E-state index contributed by atoms with van der Waals surface area (Å²) in [6.07, 6.45) is -8.14. The maximum Gasteiger partial charge on any atom is 0.433 e. The Labute approximate surface area is 130 Å². The highest BCUT2D eigenvalue weighted by molar-refractivity contribution is 5.82. The van der Waals surface area contributed by atoms with Crippen LogP contribution < -0.4 is 0 Å². The van der Waals surface area contributed by atoms with Gasteiger partial charge in [0.2, 0.25) is 0 Å². The van der Waals surface area contributed by atoms with E-state index in [2.05, 4.69) is 9.72 Å². The fraction of sp³-hybridized carbons (Fsp3) is 0.438. The number of hydrogen-bond acceptors (Lipinski definition) is 2. The number of benzene rings is 1. The normalized spacial score (nSPS) is 13.6. The van der Waals surface area contributed by atoms with Crippen LogP contribution in [0.5, 0.6) is 0 Å². The summed E-state index contributed by atoms with van der Waals surface area (Å²) in [4.78, 5) is 3.53. The molecule has 0 radical (unpaired) electrons. The van der Waals surface area contributed by atoms with Gasteiger partial charge in [0.1, 0.15) is 5.69 Å². The van der Waals surface area contributed by atoms with E-state index in [0.717, 1.165) is 6.07 Å². The maximum atomic E-state index is 13.9. The lowest BCUT2D eigenvalue weighted by atomic mass is 9.95. The lowest BCUT2D eigenvalue weighted by Crippen LogP contribution is -2.36. The monoisotopic (exact) mass is 333 g/mol. The van der Waals surface area contributed by atoms with Crippen LogP contribution in [0.1, 0.15) is 32.0 Å². The zero-order chi connectivity index (χ0) is 17.5. The SMILES string of the molecule is CC(C)(C)C(F)(F)OCc1cc(C(F)(F)F)nc2ccccc12. The van der Waals surface area contributed by atoms with Crippen LogP contribution in [0.2, 0.25) is 0 Å². The fourth-order valence-corrected chi connectivity index (χ4v) is 1.90. The molecule has 1 heterocycles. The number of fused-ring (bicyclic) bond motifs is 1. The molecule has 0 aliphatic heterocycles. The molecule has 0 unspecified atom stereocenters. The Morgan fingerprint density at radius 2 is 1.61 bits per heavy atom. The van der Waals surface area contributed by atoms with E-state index in [1.54, 1.807) is 6.07 Å². The number of halogens is 5. The number of nitrogens with zero attached hydrogens (tertiary/aromatic N) is 1. The Balaban J connectivity index is 2.43. The molecule has 126 valence electrons. The molecule has 2 rings (SSSR count). The van der Waals surface area contributed by atoms with Gasteiger partial charge in [-0.15, -0.1) is 0 Å². The number of alkyl halides is 5. The number of aromatic nitrogens is 1. The Morgan fingerprint density at radius 1 is 1.00 bits per heavy atom. The molecule has 0 bridgehead atoms. The average Bonchev–Trinajstić information content (AvgIpc) is 2.42. The van der Waals surface area contributed by atoms with E-state index in [-0.39, 0.29) is 11.1 Å². The second-order valence-corrected chi connectivity index (χ2v) is 6.24. The van der Waals surface area contributed by atoms with Gasteiger partial charge < -0.3 is 4.74 Å². The minimum Gasteiger partial charge on any atom is -0.315 e. The molecule has 0 atom stereocenters. The maximum absolute atomic E-state index is 13.9. The zero-order valence-electron chi connectivity index (χ0n) is 12.8. The fourth-order valence-electron chi connectivity index (χ4n) is 1.90. The van der Waals surface area contributed by atoms with Gasteiger partial charge in [0.25, 0.3) is 0 Å². The molecule has 0 aliphatic rings. The molecule has 1 aromatic heterocycles. The summed E-state index contributed by atoms with van der Waals surface area (Å²) < 4.78 is 71.1. The van der Waals surface area contributed by atoms with Crippen molar-refractivity contribution in [1.82, 2.24) is 4.98 Å². The second-order valence-electron chi connectivity index (χ2n) is 6.24. The number of rotatable bonds is 3. The van der Waals surface area contributed by atoms with Gasteiger partial charge >= 0.3 is 12.3 Å². The first-order chi connectivity index (χ1) is 10.4. The van der Waals surface area contributed by atoms with Crippen LogP contribution in [0.15, 0.2) is 30.3 Å². The van der Waals surface area contributed by atoms with Crippen LogP contribution in [0.4, 0.5) is 22.0 Å². The number of para-hydroxylation sites is 1. The Hall–Kier alpha value is -1.76. The van der Waals surface area contributed by atoms with E-state index in [9.17, 15) is 22.0 Å². The van der Waals surface area contributed by atoms with Crippen LogP contribution in [-0.4, -0.2) is 11.1 Å². The van der Waals surface area contributed by atoms with Crippen LogP contribution in [-0.2, 0) is 17.5 Å². The van der Waals surface area contributed by atoms with Crippen molar-refractivity contribution in [1.29, 1.82) is 0 Å². The average molecular weight is 333 g/mol. The third-order valence-corrected chi connectivity index (χ3v) is 3.37. The highest BCUT2D eigenvalue weighted by Gasteiger charge is 2.44. The molecule has 1 aromatic carbocycles. The smallest absolute Gasteiger partial charge is 0.315 e. The van der Waals surface area contributed by atoms with E-state index < -0.39 is 30.0 Å². The summed E-state index contributed by atoms with van der Waals surface area (Å²) in [5.41, 5.74) is -2.50. The first-order valence-electron chi connectivity index (χ1n) is 6.89. The van der Waals surface area contributed by atoms with Gasteiger partial charge in [-0.05, 0) is 17.7 Å². The molecule has 0 fully saturated rings. The topological polar surface area (TPSA) is 22.1 Å². The summed E-state index contributed by atoms with van der Waals surface area (Å²) in [5.74, 6) is 0. The Morgan fingerprint density at radius 3 is 2.17 bits per heavy atom. The molecular formula is C16H16F5NO. The predicted molar refractivity (Wildman–Crippen MR) is 75.9 cm³/mol. The van der Waals surface area contributed by atoms with Gasteiger partial charge in [0.15, 0.2) is 0 Å². The standard InChI is InChI=1S/C16H16F5NO/c1-14(2,3)16(20,21)23-9-10-8-13(15(17,18)19)22-12-7-5-4-6-11(10)12/h4-8H,9H2,1-3H3. The van der Waals surface area contributed by atoms with E-state index >= 15 is 0 Å². The molecule has 23 heavy (non-hydrogen) atoms. The third kappa shape index (κ3) is 3.77. The van der Waals surface area contributed by atoms with E-state index in [4.69, 9.17) is 0 Å². The molecule has 0 saturated heterocycles. The van der Waals surface area contributed by atoms with E-state index in [1.165, 1.54) is 39.0 Å². The quantitative estimate of drug-likeness (QED) is 0.701. The van der Waals surface area contributed by atoms with E-state index in [1.807, 2.05) is 0 Å². The molecule has 0 spiro atoms. The highest BCUT2D eigenvalue weighted by atomic mass is 19.4. The molecule has 2 nitrogen and oxygen atoms in total. The van der Waals surface area contributed by atoms with E-state index in [0.29, 0.717) is 5.39 Å². The lowest BCUT2D eigenvalue weighted by Gasteiger charge is -2.29. The first kappa shape index (κ1) is 17.6. The van der Waals surface area contributed by atoms with Gasteiger partial charge in [-0.3, -0.25) is 0 Å². The molecule has 0 amide bonds. The van der Waals surface area contributed by atoms with Crippen molar-refractivity contribution in [2.75, 3.05) is 0 Å². The van der Waals surface area contributed by atoms with Crippen molar-refractivity contribution in [3.05, 3.63) is 41.6 Å². The largest absolute Gasteiger partial charge is 0.433 e. The van der Waals surface area contributed by atoms with Crippen molar-refractivity contribution in [3.8, 4) is 0 Å². The van der Waals surface area contributed by atoms with Crippen molar-refractivity contribution in [2.45, 2.75) is 39.7 Å². The van der Waals surface area contributed by atoms with Gasteiger partial charge in [-0.2, -0.15) is 22.0 Å². The molecule has 0 N–H and O–H groups in total. The number of pyridine rings is 1. The minimum atomic E-state index is -4.66. The zero-order valence-corrected chi connectivity index (χ0v) is 12.8.